The number of ether oxygens (including phenoxy) is 2. The maximum Gasteiger partial charge on any atom is 0.306 e. The number of hydrogen-bond donors (Lipinski definition) is 0. The van der Waals surface area contributed by atoms with E-state index in [2.05, 4.69) is 74.6 Å². The van der Waals surface area contributed by atoms with Gasteiger partial charge in [-0.3, -0.25) is 14.2 Å². The van der Waals surface area contributed by atoms with E-state index in [1.54, 1.807) is 0 Å². The van der Waals surface area contributed by atoms with Gasteiger partial charge in [0.2, 0.25) is 0 Å². The Morgan fingerprint density at radius 2 is 0.966 bits per heavy atom. The van der Waals surface area contributed by atoms with E-state index in [1.165, 1.54) is 77.0 Å². The lowest BCUT2D eigenvalue weighted by molar-refractivity contribution is -0.870. The van der Waals surface area contributed by atoms with Crippen LogP contribution in [0.5, 0.6) is 0 Å². The van der Waals surface area contributed by atoms with Crippen molar-refractivity contribution in [2.45, 2.75) is 174 Å². The summed E-state index contributed by atoms with van der Waals surface area (Å²) in [6, 6.07) is 0. The van der Waals surface area contributed by atoms with Crippen LogP contribution in [0.1, 0.15) is 168 Å². The third-order valence-electron chi connectivity index (χ3n) is 9.21. The fourth-order valence-corrected chi connectivity index (χ4v) is 6.36. The molecule has 0 aromatic carbocycles. The van der Waals surface area contributed by atoms with Gasteiger partial charge in [-0.15, -0.1) is 0 Å². The van der Waals surface area contributed by atoms with Gasteiger partial charge >= 0.3 is 11.9 Å². The Morgan fingerprint density at radius 3 is 1.50 bits per heavy atom. The molecule has 0 rings (SSSR count). The number of phosphoric acid groups is 1. The Kier molecular flexibility index (Phi) is 38.1. The van der Waals surface area contributed by atoms with Gasteiger partial charge in [-0.1, -0.05) is 151 Å². The average Bonchev–Trinajstić information content (AvgIpc) is 3.17. The number of hydrogen-bond acceptors (Lipinski definition) is 8. The van der Waals surface area contributed by atoms with Crippen LogP contribution in [0.4, 0.5) is 0 Å². The summed E-state index contributed by atoms with van der Waals surface area (Å²) in [7, 11) is 1.11. The van der Waals surface area contributed by atoms with E-state index in [9.17, 15) is 19.0 Å². The van der Waals surface area contributed by atoms with Gasteiger partial charge in [0.25, 0.3) is 7.82 Å². The topological polar surface area (TPSA) is 111 Å². The molecule has 0 heterocycles. The van der Waals surface area contributed by atoms with E-state index < -0.39 is 32.5 Å². The van der Waals surface area contributed by atoms with E-state index in [0.29, 0.717) is 23.9 Å². The molecule has 0 aliphatic rings. The highest BCUT2D eigenvalue weighted by Crippen LogP contribution is 2.38. The molecule has 0 N–H and O–H groups in total. The molecule has 58 heavy (non-hydrogen) atoms. The number of carbonyl (C=O) groups is 2. The van der Waals surface area contributed by atoms with Crippen LogP contribution in [0.2, 0.25) is 0 Å². The van der Waals surface area contributed by atoms with Crippen LogP contribution in [0.25, 0.3) is 0 Å². The van der Waals surface area contributed by atoms with Crippen LogP contribution in [-0.2, 0) is 32.7 Å². The van der Waals surface area contributed by atoms with Crippen LogP contribution in [0.15, 0.2) is 72.9 Å². The number of allylic oxidation sites excluding steroid dienone is 12. The smallest absolute Gasteiger partial charge is 0.306 e. The van der Waals surface area contributed by atoms with E-state index in [4.69, 9.17) is 18.5 Å². The van der Waals surface area contributed by atoms with Gasteiger partial charge in [0.05, 0.1) is 27.7 Å². The Hall–Kier alpha value is -2.55. The molecule has 9 nitrogen and oxygen atoms in total. The van der Waals surface area contributed by atoms with Crippen molar-refractivity contribution in [2.24, 2.45) is 0 Å². The molecule has 0 aliphatic heterocycles. The average molecular weight is 834 g/mol. The first-order chi connectivity index (χ1) is 28.0. The van der Waals surface area contributed by atoms with Crippen molar-refractivity contribution in [1.29, 1.82) is 0 Å². The first-order valence-electron chi connectivity index (χ1n) is 22.6. The monoisotopic (exact) mass is 834 g/mol. The molecule has 0 amide bonds. The third-order valence-corrected chi connectivity index (χ3v) is 10.2. The molecule has 0 saturated carbocycles. The lowest BCUT2D eigenvalue weighted by Crippen LogP contribution is -2.37. The Bertz CT molecular complexity index is 1220. The Balaban J connectivity index is 4.49. The lowest BCUT2D eigenvalue weighted by Gasteiger charge is -2.28. The largest absolute Gasteiger partial charge is 0.756 e. The molecule has 1 unspecified atom stereocenters. The van der Waals surface area contributed by atoms with Crippen molar-refractivity contribution in [3.05, 3.63) is 72.9 Å². The molecule has 0 bridgehead atoms. The highest BCUT2D eigenvalue weighted by Gasteiger charge is 2.21. The van der Waals surface area contributed by atoms with Crippen molar-refractivity contribution < 1.29 is 42.1 Å². The van der Waals surface area contributed by atoms with Crippen LogP contribution in [0, 0.1) is 0 Å². The minimum atomic E-state index is -4.65. The molecule has 2 atom stereocenters. The standard InChI is InChI=1S/C48H84NO8P/c1-6-8-10-12-14-16-18-20-22-23-24-25-27-29-31-33-35-37-39-41-48(51)57-46(45-56-58(52,53)55-43-42-49(3,4)5)44-54-47(50)40-38-36-34-32-30-28-26-21-19-17-15-13-11-9-7-2/h14,16-17,19-20,22,24-25,29,31,35,37,46H,6-13,15,18,21,23,26-28,30,32-34,36,38-45H2,1-5H3/b16-14+,19-17+,22-20+,25-24+,31-29+,37-35+/t46-/m1/s1. The summed E-state index contributed by atoms with van der Waals surface area (Å²) in [6.07, 6.45) is 49.4. The molecular weight excluding hydrogens is 750 g/mol. The van der Waals surface area contributed by atoms with Gasteiger partial charge < -0.3 is 27.9 Å². The minimum absolute atomic E-state index is 0.0479. The number of quaternary nitrogens is 1. The fraction of sp³-hybridized carbons (Fsp3) is 0.708. The summed E-state index contributed by atoms with van der Waals surface area (Å²) >= 11 is 0. The molecule has 334 valence electrons. The maximum absolute atomic E-state index is 12.7. The summed E-state index contributed by atoms with van der Waals surface area (Å²) in [5.41, 5.74) is 0. The van der Waals surface area contributed by atoms with Gasteiger partial charge in [0.15, 0.2) is 6.10 Å². The Labute approximate surface area is 355 Å². The molecule has 0 saturated heterocycles. The fourth-order valence-electron chi connectivity index (χ4n) is 5.63. The third kappa shape index (κ3) is 43.0. The number of esters is 2. The van der Waals surface area contributed by atoms with E-state index in [-0.39, 0.29) is 26.1 Å². The zero-order valence-corrected chi connectivity index (χ0v) is 38.4. The molecule has 0 spiro atoms. The zero-order chi connectivity index (χ0) is 42.8. The summed E-state index contributed by atoms with van der Waals surface area (Å²) < 4.78 is 33.8. The molecule has 0 aliphatic carbocycles. The van der Waals surface area contributed by atoms with Crippen molar-refractivity contribution in [1.82, 2.24) is 0 Å². The zero-order valence-electron chi connectivity index (χ0n) is 37.5. The van der Waals surface area contributed by atoms with E-state index >= 15 is 0 Å². The molecule has 0 radical (unpaired) electrons. The van der Waals surface area contributed by atoms with Gasteiger partial charge in [-0.25, -0.2) is 0 Å². The summed E-state index contributed by atoms with van der Waals surface area (Å²) in [5.74, 6) is -0.941. The second kappa shape index (κ2) is 39.9. The Morgan fingerprint density at radius 1 is 0.534 bits per heavy atom. The first kappa shape index (κ1) is 55.5. The molecule has 0 aromatic rings. The molecule has 10 heteroatoms. The number of carbonyl (C=O) groups excluding carboxylic acids is 2. The van der Waals surface area contributed by atoms with E-state index in [0.717, 1.165) is 51.4 Å². The number of unbranched alkanes of at least 4 members (excludes halogenated alkanes) is 14. The quantitative estimate of drug-likeness (QED) is 0.0197. The van der Waals surface area contributed by atoms with Gasteiger partial charge in [-0.05, 0) is 77.0 Å². The van der Waals surface area contributed by atoms with Crippen molar-refractivity contribution >= 4 is 19.8 Å². The minimum Gasteiger partial charge on any atom is -0.756 e. The first-order valence-corrected chi connectivity index (χ1v) is 24.1. The molecule has 0 fully saturated rings. The predicted octanol–water partition coefficient (Wildman–Crippen LogP) is 12.4. The number of likely N-dealkylation sites (N-methyl/N-ethyl adjacent to an activating group) is 1. The van der Waals surface area contributed by atoms with Crippen LogP contribution in [-0.4, -0.2) is 70.0 Å². The molecular formula is C48H84NO8P. The second-order valence-electron chi connectivity index (χ2n) is 16.1. The summed E-state index contributed by atoms with van der Waals surface area (Å²) in [6.45, 7) is 4.08. The van der Waals surface area contributed by atoms with Crippen LogP contribution in [0.3, 0.4) is 0 Å². The molecule has 0 aromatic heterocycles. The number of nitrogens with zero attached hydrogens (tertiary/aromatic N) is 1. The van der Waals surface area contributed by atoms with Crippen LogP contribution < -0.4 is 4.89 Å². The predicted molar refractivity (Wildman–Crippen MR) is 240 cm³/mol. The van der Waals surface area contributed by atoms with Crippen LogP contribution >= 0.6 is 7.82 Å². The van der Waals surface area contributed by atoms with Crippen molar-refractivity contribution in [3.8, 4) is 0 Å². The summed E-state index contributed by atoms with van der Waals surface area (Å²) in [4.78, 5) is 37.5. The van der Waals surface area contributed by atoms with Crippen molar-refractivity contribution in [3.63, 3.8) is 0 Å². The van der Waals surface area contributed by atoms with Gasteiger partial charge in [0.1, 0.15) is 19.8 Å². The maximum atomic E-state index is 12.7. The lowest BCUT2D eigenvalue weighted by atomic mass is 10.1. The summed E-state index contributed by atoms with van der Waals surface area (Å²) in [5, 5.41) is 0. The SMILES string of the molecule is CCCCC/C=C/C/C=C/C/C=C/C/C=C/C/C=C/CCC(=O)O[C@H](COC(=O)CCCCCCCCC/C=C/CCCCCC)COP(=O)([O-])OCC[N+](C)(C)C. The van der Waals surface area contributed by atoms with Gasteiger partial charge in [-0.2, -0.15) is 0 Å². The van der Waals surface area contributed by atoms with Gasteiger partial charge in [0, 0.05) is 12.8 Å². The highest BCUT2D eigenvalue weighted by molar-refractivity contribution is 7.45. The second-order valence-corrected chi connectivity index (χ2v) is 17.5. The van der Waals surface area contributed by atoms with Crippen molar-refractivity contribution in [2.75, 3.05) is 47.5 Å². The van der Waals surface area contributed by atoms with E-state index in [1.807, 2.05) is 33.3 Å². The number of rotatable bonds is 40. The normalized spacial score (nSPS) is 14.2. The number of phosphoric ester groups is 1. The highest BCUT2D eigenvalue weighted by atomic mass is 31.2.